The standard InChI is InChI=1S/C19H23NOS/c1-2-18(22-3-1)17-7-16(12-21-17)11-20-19-8-13-4-14(9-19)6-15(5-13)10-19/h1-3,7,12-15,20H,4-6,8-11H2. The molecule has 4 bridgehead atoms. The molecule has 2 heterocycles. The van der Waals surface area contributed by atoms with Crippen LogP contribution < -0.4 is 5.32 Å². The fraction of sp³-hybridized carbons (Fsp3) is 0.579. The summed E-state index contributed by atoms with van der Waals surface area (Å²) in [6.07, 6.45) is 10.7. The third-order valence-electron chi connectivity index (χ3n) is 6.12. The predicted octanol–water partition coefficient (Wildman–Crippen LogP) is 5.07. The minimum Gasteiger partial charge on any atom is -0.463 e. The van der Waals surface area contributed by atoms with Crippen molar-refractivity contribution in [2.75, 3.05) is 0 Å². The molecule has 0 saturated heterocycles. The minimum absolute atomic E-state index is 0.440. The molecule has 0 atom stereocenters. The summed E-state index contributed by atoms with van der Waals surface area (Å²) in [5.41, 5.74) is 1.73. The number of nitrogens with one attached hydrogen (secondary N) is 1. The first-order chi connectivity index (χ1) is 10.8. The summed E-state index contributed by atoms with van der Waals surface area (Å²) in [6, 6.07) is 6.41. The molecule has 2 aromatic heterocycles. The van der Waals surface area contributed by atoms with Gasteiger partial charge < -0.3 is 9.73 Å². The zero-order valence-electron chi connectivity index (χ0n) is 12.9. The highest BCUT2D eigenvalue weighted by Crippen LogP contribution is 2.55. The van der Waals surface area contributed by atoms with Gasteiger partial charge in [-0.15, -0.1) is 11.3 Å². The molecule has 4 aliphatic rings. The molecule has 6 rings (SSSR count). The summed E-state index contributed by atoms with van der Waals surface area (Å²) >= 11 is 1.74. The van der Waals surface area contributed by atoms with Crippen molar-refractivity contribution >= 4 is 11.3 Å². The van der Waals surface area contributed by atoms with E-state index in [0.29, 0.717) is 5.54 Å². The summed E-state index contributed by atoms with van der Waals surface area (Å²) in [5.74, 6) is 4.02. The van der Waals surface area contributed by atoms with E-state index in [-0.39, 0.29) is 0 Å². The van der Waals surface area contributed by atoms with Crippen LogP contribution in [0.25, 0.3) is 10.6 Å². The first-order valence-corrected chi connectivity index (χ1v) is 9.52. The van der Waals surface area contributed by atoms with E-state index < -0.39 is 0 Å². The molecule has 2 nitrogen and oxygen atoms in total. The zero-order chi connectivity index (χ0) is 14.6. The molecule has 4 saturated carbocycles. The van der Waals surface area contributed by atoms with Crippen LogP contribution >= 0.6 is 11.3 Å². The third-order valence-corrected chi connectivity index (χ3v) is 7.01. The Morgan fingerprint density at radius 2 is 1.86 bits per heavy atom. The molecule has 0 amide bonds. The normalized spacial score (nSPS) is 36.1. The average Bonchev–Trinajstić information content (AvgIpc) is 3.15. The van der Waals surface area contributed by atoms with Gasteiger partial charge in [-0.2, -0.15) is 0 Å². The maximum Gasteiger partial charge on any atom is 0.144 e. The van der Waals surface area contributed by atoms with Gasteiger partial charge in [0, 0.05) is 17.6 Å². The van der Waals surface area contributed by atoms with Gasteiger partial charge in [0.1, 0.15) is 5.76 Å². The molecule has 0 unspecified atom stereocenters. The van der Waals surface area contributed by atoms with Gasteiger partial charge >= 0.3 is 0 Å². The Labute approximate surface area is 135 Å². The average molecular weight is 313 g/mol. The molecule has 2 aromatic rings. The Balaban J connectivity index is 1.29. The van der Waals surface area contributed by atoms with E-state index in [9.17, 15) is 0 Å². The lowest BCUT2D eigenvalue weighted by Gasteiger charge is -2.57. The molecule has 116 valence electrons. The second kappa shape index (κ2) is 4.97. The number of rotatable bonds is 4. The van der Waals surface area contributed by atoms with Crippen LogP contribution in [0.5, 0.6) is 0 Å². The van der Waals surface area contributed by atoms with Crippen molar-refractivity contribution in [2.24, 2.45) is 17.8 Å². The minimum atomic E-state index is 0.440. The largest absolute Gasteiger partial charge is 0.463 e. The summed E-state index contributed by atoms with van der Waals surface area (Å²) in [4.78, 5) is 1.22. The van der Waals surface area contributed by atoms with E-state index in [1.54, 1.807) is 11.3 Å². The van der Waals surface area contributed by atoms with Crippen LogP contribution in [0.3, 0.4) is 0 Å². The maximum absolute atomic E-state index is 5.75. The van der Waals surface area contributed by atoms with Crippen LogP contribution in [-0.4, -0.2) is 5.54 Å². The molecule has 22 heavy (non-hydrogen) atoms. The number of hydrogen-bond donors (Lipinski definition) is 1. The molecule has 1 N–H and O–H groups in total. The van der Waals surface area contributed by atoms with Crippen molar-refractivity contribution < 1.29 is 4.42 Å². The second-order valence-corrected chi connectivity index (χ2v) is 8.80. The van der Waals surface area contributed by atoms with Gasteiger partial charge in [-0.3, -0.25) is 0 Å². The SMILES string of the molecule is c1csc(-c2cc(CNC34CC5CC(CC(C5)C3)C4)co2)c1. The van der Waals surface area contributed by atoms with Crippen molar-refractivity contribution in [3.8, 4) is 10.6 Å². The second-order valence-electron chi connectivity index (χ2n) is 7.85. The molecular weight excluding hydrogens is 290 g/mol. The van der Waals surface area contributed by atoms with E-state index in [1.165, 1.54) is 49.0 Å². The fourth-order valence-electron chi connectivity index (χ4n) is 5.63. The van der Waals surface area contributed by atoms with E-state index in [0.717, 1.165) is 30.1 Å². The smallest absolute Gasteiger partial charge is 0.144 e. The van der Waals surface area contributed by atoms with Crippen molar-refractivity contribution in [2.45, 2.75) is 50.6 Å². The lowest BCUT2D eigenvalue weighted by Crippen LogP contribution is -2.58. The van der Waals surface area contributed by atoms with Gasteiger partial charge in [-0.05, 0) is 73.8 Å². The highest BCUT2D eigenvalue weighted by atomic mass is 32.1. The van der Waals surface area contributed by atoms with Crippen LogP contribution in [0.15, 0.2) is 34.3 Å². The van der Waals surface area contributed by atoms with Crippen LogP contribution in [0.4, 0.5) is 0 Å². The van der Waals surface area contributed by atoms with Crippen LogP contribution in [0.2, 0.25) is 0 Å². The van der Waals surface area contributed by atoms with Gasteiger partial charge in [0.25, 0.3) is 0 Å². The quantitative estimate of drug-likeness (QED) is 0.853. The highest BCUT2D eigenvalue weighted by molar-refractivity contribution is 7.13. The van der Waals surface area contributed by atoms with Crippen LogP contribution in [0.1, 0.15) is 44.1 Å². The van der Waals surface area contributed by atoms with Gasteiger partial charge in [0.15, 0.2) is 0 Å². The molecule has 0 spiro atoms. The first-order valence-electron chi connectivity index (χ1n) is 8.64. The van der Waals surface area contributed by atoms with Gasteiger partial charge in [0.2, 0.25) is 0 Å². The highest BCUT2D eigenvalue weighted by Gasteiger charge is 2.50. The summed E-state index contributed by atoms with van der Waals surface area (Å²) in [6.45, 7) is 0.959. The van der Waals surface area contributed by atoms with Crippen molar-refractivity contribution in [3.63, 3.8) is 0 Å². The molecule has 4 aliphatic carbocycles. The van der Waals surface area contributed by atoms with Crippen molar-refractivity contribution in [1.29, 1.82) is 0 Å². The Morgan fingerprint density at radius 1 is 1.14 bits per heavy atom. The molecule has 0 aromatic carbocycles. The van der Waals surface area contributed by atoms with Crippen LogP contribution in [-0.2, 0) is 6.54 Å². The maximum atomic E-state index is 5.75. The first kappa shape index (κ1) is 13.4. The van der Waals surface area contributed by atoms with Gasteiger partial charge in [-0.25, -0.2) is 0 Å². The summed E-state index contributed by atoms with van der Waals surface area (Å²) in [5, 5.41) is 6.05. The van der Waals surface area contributed by atoms with E-state index in [2.05, 4.69) is 28.9 Å². The van der Waals surface area contributed by atoms with E-state index in [4.69, 9.17) is 4.42 Å². The lowest BCUT2D eigenvalue weighted by molar-refractivity contribution is -0.0206. The fourth-order valence-corrected chi connectivity index (χ4v) is 6.32. The van der Waals surface area contributed by atoms with Gasteiger partial charge in [0.05, 0.1) is 11.1 Å². The van der Waals surface area contributed by atoms with Crippen LogP contribution in [0, 0.1) is 17.8 Å². The van der Waals surface area contributed by atoms with E-state index in [1.807, 2.05) is 6.26 Å². The third kappa shape index (κ3) is 2.26. The predicted molar refractivity (Wildman–Crippen MR) is 89.8 cm³/mol. The van der Waals surface area contributed by atoms with Crippen molar-refractivity contribution in [1.82, 2.24) is 5.32 Å². The number of furan rings is 1. The molecular formula is C19H23NOS. The monoisotopic (exact) mass is 313 g/mol. The number of thiophene rings is 1. The summed E-state index contributed by atoms with van der Waals surface area (Å²) in [7, 11) is 0. The Bertz CT molecular complexity index is 622. The van der Waals surface area contributed by atoms with Crippen molar-refractivity contribution in [3.05, 3.63) is 35.4 Å². The molecule has 3 heteroatoms. The molecule has 0 aliphatic heterocycles. The Kier molecular flexibility index (Phi) is 3.02. The summed E-state index contributed by atoms with van der Waals surface area (Å²) < 4.78 is 5.75. The zero-order valence-corrected chi connectivity index (χ0v) is 13.7. The van der Waals surface area contributed by atoms with E-state index >= 15 is 0 Å². The number of hydrogen-bond acceptors (Lipinski definition) is 3. The molecule has 0 radical (unpaired) electrons. The molecule has 4 fully saturated rings. The topological polar surface area (TPSA) is 25.2 Å². The Morgan fingerprint density at radius 3 is 2.50 bits per heavy atom. The van der Waals surface area contributed by atoms with Gasteiger partial charge in [-0.1, -0.05) is 6.07 Å². The lowest BCUT2D eigenvalue weighted by atomic mass is 9.53. The Hall–Kier alpha value is -1.06.